The van der Waals surface area contributed by atoms with Crippen LogP contribution in [0.25, 0.3) is 0 Å². The lowest BCUT2D eigenvalue weighted by Crippen LogP contribution is -2.26. The molecule has 0 saturated heterocycles. The number of nitrogens with one attached hydrogen (secondary N) is 2. The number of ether oxygens (including phenoxy) is 1. The quantitative estimate of drug-likeness (QED) is 0.523. The highest BCUT2D eigenvalue weighted by atomic mass is 32.1. The van der Waals surface area contributed by atoms with Crippen LogP contribution in [0.5, 0.6) is 5.75 Å². The molecule has 3 aromatic rings. The van der Waals surface area contributed by atoms with Gasteiger partial charge in [-0.25, -0.2) is 9.37 Å². The second-order valence-electron chi connectivity index (χ2n) is 6.21. The first kappa shape index (κ1) is 22.2. The first-order chi connectivity index (χ1) is 14.7. The fraction of sp³-hybridized carbons (Fsp3) is 0.150. The van der Waals surface area contributed by atoms with Gasteiger partial charge in [0.2, 0.25) is 5.91 Å². The van der Waals surface area contributed by atoms with E-state index in [0.717, 1.165) is 29.5 Å². The van der Waals surface area contributed by atoms with Gasteiger partial charge in [-0.2, -0.15) is 0 Å². The zero-order valence-electron chi connectivity index (χ0n) is 15.7. The van der Waals surface area contributed by atoms with Crippen LogP contribution in [0.1, 0.15) is 21.6 Å². The van der Waals surface area contributed by atoms with Crippen LogP contribution in [0, 0.1) is 5.82 Å². The van der Waals surface area contributed by atoms with E-state index < -0.39 is 29.7 Å². The molecule has 6 nitrogen and oxygen atoms in total. The van der Waals surface area contributed by atoms with Gasteiger partial charge in [-0.3, -0.25) is 14.9 Å². The van der Waals surface area contributed by atoms with Gasteiger partial charge in [0.15, 0.2) is 5.13 Å². The summed E-state index contributed by atoms with van der Waals surface area (Å²) in [6.07, 6.45) is -4.97. The van der Waals surface area contributed by atoms with Crippen molar-refractivity contribution in [3.05, 3.63) is 76.5 Å². The molecule has 31 heavy (non-hydrogen) atoms. The maximum absolute atomic E-state index is 12.9. The summed E-state index contributed by atoms with van der Waals surface area (Å²) in [4.78, 5) is 28.4. The number of benzene rings is 2. The van der Waals surface area contributed by atoms with E-state index in [1.54, 1.807) is 5.38 Å². The van der Waals surface area contributed by atoms with Crippen LogP contribution >= 0.6 is 11.3 Å². The number of thiazole rings is 1. The van der Waals surface area contributed by atoms with Gasteiger partial charge in [-0.1, -0.05) is 18.2 Å². The summed E-state index contributed by atoms with van der Waals surface area (Å²) in [5.41, 5.74) is 0.783. The Hall–Kier alpha value is -3.47. The Kier molecular flexibility index (Phi) is 6.85. The molecule has 1 heterocycles. The molecule has 162 valence electrons. The molecule has 2 aromatic carbocycles. The van der Waals surface area contributed by atoms with Crippen molar-refractivity contribution in [3.63, 3.8) is 0 Å². The second kappa shape index (κ2) is 9.56. The van der Waals surface area contributed by atoms with Crippen molar-refractivity contribution in [2.24, 2.45) is 0 Å². The Morgan fingerprint density at radius 2 is 1.77 bits per heavy atom. The third-order valence-corrected chi connectivity index (χ3v) is 4.70. The lowest BCUT2D eigenvalue weighted by molar-refractivity contribution is -0.274. The molecule has 0 aliphatic carbocycles. The molecule has 0 fully saturated rings. The van der Waals surface area contributed by atoms with Gasteiger partial charge in [0.1, 0.15) is 11.6 Å². The number of carbonyl (C=O) groups is 2. The van der Waals surface area contributed by atoms with Crippen molar-refractivity contribution in [1.29, 1.82) is 0 Å². The van der Waals surface area contributed by atoms with Crippen LogP contribution in [0.3, 0.4) is 0 Å². The van der Waals surface area contributed by atoms with Crippen molar-refractivity contribution in [2.75, 3.05) is 5.32 Å². The SMILES string of the molecule is O=C(Cc1csc(NC(=O)c2ccc(F)cc2)n1)NCc1ccccc1OC(F)(F)F. The molecular formula is C20H15F4N3O3S. The lowest BCUT2D eigenvalue weighted by atomic mass is 10.2. The van der Waals surface area contributed by atoms with Crippen LogP contribution < -0.4 is 15.4 Å². The van der Waals surface area contributed by atoms with Crippen molar-refractivity contribution in [2.45, 2.75) is 19.3 Å². The van der Waals surface area contributed by atoms with Gasteiger partial charge >= 0.3 is 6.36 Å². The van der Waals surface area contributed by atoms with Crippen molar-refractivity contribution in [3.8, 4) is 5.75 Å². The summed E-state index contributed by atoms with van der Waals surface area (Å²) in [5, 5.41) is 6.88. The molecule has 1 aromatic heterocycles. The van der Waals surface area contributed by atoms with Gasteiger partial charge in [-0.15, -0.1) is 24.5 Å². The highest BCUT2D eigenvalue weighted by Crippen LogP contribution is 2.26. The first-order valence-corrected chi connectivity index (χ1v) is 9.69. The van der Waals surface area contributed by atoms with E-state index in [9.17, 15) is 27.2 Å². The molecule has 0 radical (unpaired) electrons. The average Bonchev–Trinajstić information content (AvgIpc) is 3.13. The van der Waals surface area contributed by atoms with Gasteiger partial charge in [0.05, 0.1) is 12.1 Å². The predicted octanol–water partition coefficient (Wildman–Crippen LogP) is 4.29. The van der Waals surface area contributed by atoms with E-state index in [2.05, 4.69) is 20.4 Å². The van der Waals surface area contributed by atoms with Gasteiger partial charge < -0.3 is 10.1 Å². The fourth-order valence-electron chi connectivity index (χ4n) is 2.51. The van der Waals surface area contributed by atoms with E-state index in [4.69, 9.17) is 0 Å². The monoisotopic (exact) mass is 453 g/mol. The molecule has 0 atom stereocenters. The van der Waals surface area contributed by atoms with E-state index in [-0.39, 0.29) is 29.2 Å². The number of hydrogen-bond acceptors (Lipinski definition) is 5. The summed E-state index contributed by atoms with van der Waals surface area (Å²) in [6, 6.07) is 10.5. The Bertz CT molecular complexity index is 1070. The molecule has 0 saturated carbocycles. The van der Waals surface area contributed by atoms with E-state index in [1.807, 2.05) is 0 Å². The fourth-order valence-corrected chi connectivity index (χ4v) is 3.22. The molecule has 0 bridgehead atoms. The lowest BCUT2D eigenvalue weighted by Gasteiger charge is -2.13. The number of hydrogen-bond donors (Lipinski definition) is 2. The van der Waals surface area contributed by atoms with Crippen molar-refractivity contribution < 1.29 is 31.9 Å². The molecule has 0 unspecified atom stereocenters. The Labute approximate surface area is 177 Å². The predicted molar refractivity (Wildman–Crippen MR) is 105 cm³/mol. The minimum absolute atomic E-state index is 0.134. The molecule has 0 aliphatic heterocycles. The average molecular weight is 453 g/mol. The number of aromatic nitrogens is 1. The molecular weight excluding hydrogens is 438 g/mol. The maximum Gasteiger partial charge on any atom is 0.573 e. The Morgan fingerprint density at radius 3 is 2.48 bits per heavy atom. The van der Waals surface area contributed by atoms with E-state index in [0.29, 0.717) is 5.69 Å². The summed E-state index contributed by atoms with van der Waals surface area (Å²) >= 11 is 1.10. The zero-order valence-corrected chi connectivity index (χ0v) is 16.5. The van der Waals surface area contributed by atoms with E-state index >= 15 is 0 Å². The number of para-hydroxylation sites is 1. The topological polar surface area (TPSA) is 80.3 Å². The van der Waals surface area contributed by atoms with E-state index in [1.165, 1.54) is 30.3 Å². The van der Waals surface area contributed by atoms with Crippen molar-refractivity contribution >= 4 is 28.3 Å². The highest BCUT2D eigenvalue weighted by molar-refractivity contribution is 7.14. The molecule has 2 amide bonds. The largest absolute Gasteiger partial charge is 0.573 e. The minimum Gasteiger partial charge on any atom is -0.405 e. The Morgan fingerprint density at radius 1 is 1.06 bits per heavy atom. The minimum atomic E-state index is -4.84. The standard InChI is InChI=1S/C20H15F4N3O3S/c21-14-7-5-12(6-8-14)18(29)27-19-26-15(11-31-19)9-17(28)25-10-13-3-1-2-4-16(13)30-20(22,23)24/h1-8,11H,9-10H2,(H,25,28)(H,26,27,29). The smallest absolute Gasteiger partial charge is 0.405 e. The highest BCUT2D eigenvalue weighted by Gasteiger charge is 2.32. The number of amides is 2. The van der Waals surface area contributed by atoms with Crippen LogP contribution in [0.2, 0.25) is 0 Å². The van der Waals surface area contributed by atoms with Gasteiger partial charge in [0.25, 0.3) is 5.91 Å². The first-order valence-electron chi connectivity index (χ1n) is 8.81. The number of anilines is 1. The normalized spacial score (nSPS) is 11.1. The number of carbonyl (C=O) groups excluding carboxylic acids is 2. The number of rotatable bonds is 7. The Balaban J connectivity index is 1.54. The van der Waals surface area contributed by atoms with Crippen LogP contribution in [0.4, 0.5) is 22.7 Å². The van der Waals surface area contributed by atoms with Crippen LogP contribution in [-0.2, 0) is 17.8 Å². The molecule has 0 spiro atoms. The summed E-state index contributed by atoms with van der Waals surface area (Å²) in [5.74, 6) is -1.81. The molecule has 2 N–H and O–H groups in total. The number of nitrogens with zero attached hydrogens (tertiary/aromatic N) is 1. The zero-order chi connectivity index (χ0) is 22.4. The third-order valence-electron chi connectivity index (χ3n) is 3.89. The second-order valence-corrected chi connectivity index (χ2v) is 7.07. The summed E-state index contributed by atoms with van der Waals surface area (Å²) in [7, 11) is 0. The molecule has 11 heteroatoms. The van der Waals surface area contributed by atoms with Crippen molar-refractivity contribution in [1.82, 2.24) is 10.3 Å². The molecule has 0 aliphatic rings. The van der Waals surface area contributed by atoms with Crippen LogP contribution in [-0.4, -0.2) is 23.2 Å². The van der Waals surface area contributed by atoms with Crippen LogP contribution in [0.15, 0.2) is 53.9 Å². The molecule has 3 rings (SSSR count). The summed E-state index contributed by atoms with van der Waals surface area (Å²) in [6.45, 7) is -0.163. The number of halogens is 4. The maximum atomic E-state index is 12.9. The van der Waals surface area contributed by atoms with Gasteiger partial charge in [0, 0.05) is 23.1 Å². The third kappa shape index (κ3) is 6.78. The summed E-state index contributed by atoms with van der Waals surface area (Å²) < 4.78 is 54.3. The van der Waals surface area contributed by atoms with Gasteiger partial charge in [-0.05, 0) is 30.3 Å². The number of alkyl halides is 3.